The van der Waals surface area contributed by atoms with E-state index in [9.17, 15) is 39.9 Å². The molecule has 1 aromatic heterocycles. The van der Waals surface area contributed by atoms with Gasteiger partial charge < -0.3 is 5.11 Å². The highest BCUT2D eigenvalue weighted by molar-refractivity contribution is 7.94. The molecule has 0 atom stereocenters. The Bertz CT molecular complexity index is 949. The van der Waals surface area contributed by atoms with Gasteiger partial charge in [0.25, 0.3) is 15.6 Å². The van der Waals surface area contributed by atoms with Crippen molar-refractivity contribution in [2.45, 2.75) is 53.9 Å². The van der Waals surface area contributed by atoms with Gasteiger partial charge in [-0.05, 0) is 36.4 Å². The minimum Gasteiger partial charge on any atom is -0.369 e. The molecular weight excluding hydrogens is 456 g/mol. The molecule has 166 valence electrons. The van der Waals surface area contributed by atoms with Crippen molar-refractivity contribution in [2.75, 3.05) is 4.31 Å². The van der Waals surface area contributed by atoms with Gasteiger partial charge >= 0.3 is 12.4 Å². The first-order chi connectivity index (χ1) is 13.8. The monoisotopic (exact) mass is 473 g/mol. The quantitative estimate of drug-likeness (QED) is 0.608. The Morgan fingerprint density at radius 3 is 1.90 bits per heavy atom. The lowest BCUT2D eigenvalue weighted by Crippen LogP contribution is -2.53. The van der Waals surface area contributed by atoms with Gasteiger partial charge in [0.05, 0.1) is 5.69 Å². The number of sulfonamides is 1. The van der Waals surface area contributed by atoms with Gasteiger partial charge in [-0.25, -0.2) is 8.42 Å². The number of hydrogen-bond donors (Lipinski definition) is 1. The molecule has 0 spiro atoms. The smallest absolute Gasteiger partial charge is 0.369 e. The molecule has 1 aromatic carbocycles. The zero-order valence-electron chi connectivity index (χ0n) is 15.2. The van der Waals surface area contributed by atoms with Crippen molar-refractivity contribution in [3.05, 3.63) is 47.3 Å². The van der Waals surface area contributed by atoms with Crippen LogP contribution < -0.4 is 4.31 Å². The highest BCUT2D eigenvalue weighted by Crippen LogP contribution is 2.50. The van der Waals surface area contributed by atoms with E-state index in [-0.39, 0.29) is 9.90 Å². The average Bonchev–Trinajstić information content (AvgIpc) is 3.34. The van der Waals surface area contributed by atoms with Crippen LogP contribution in [0.25, 0.3) is 0 Å². The maximum absolute atomic E-state index is 13.1. The lowest BCUT2D eigenvalue weighted by atomic mass is 9.92. The highest BCUT2D eigenvalue weighted by atomic mass is 32.2. The van der Waals surface area contributed by atoms with Gasteiger partial charge in [0.15, 0.2) is 0 Å². The van der Waals surface area contributed by atoms with Gasteiger partial charge in [0.1, 0.15) is 4.21 Å². The standard InChI is InChI=1S/C18H17F6NO3S2/c19-17(20,21)16(26,18(22,23)24)12-7-9-14(10-8-12)25(13-4-1-2-5-13)30(27,28)15-6-3-11-29-15/h3,6-11,13,26H,1-2,4-5H2. The number of halogens is 6. The van der Waals surface area contributed by atoms with Crippen molar-refractivity contribution in [3.8, 4) is 0 Å². The van der Waals surface area contributed by atoms with Gasteiger partial charge in [-0.3, -0.25) is 4.31 Å². The number of hydrogen-bond acceptors (Lipinski definition) is 4. The predicted molar refractivity (Wildman–Crippen MR) is 98.7 cm³/mol. The van der Waals surface area contributed by atoms with E-state index in [1.165, 1.54) is 12.1 Å². The molecule has 0 bridgehead atoms. The second-order valence-corrected chi connectivity index (χ2v) is 9.91. The molecule has 4 nitrogen and oxygen atoms in total. The Labute approximate surface area is 172 Å². The summed E-state index contributed by atoms with van der Waals surface area (Å²) in [6, 6.07) is 5.09. The molecule has 1 aliphatic carbocycles. The summed E-state index contributed by atoms with van der Waals surface area (Å²) >= 11 is 0.959. The van der Waals surface area contributed by atoms with E-state index in [4.69, 9.17) is 0 Å². The van der Waals surface area contributed by atoms with Gasteiger partial charge in [-0.15, -0.1) is 11.3 Å². The number of rotatable bonds is 5. The molecule has 1 fully saturated rings. The lowest BCUT2D eigenvalue weighted by Gasteiger charge is -2.33. The van der Waals surface area contributed by atoms with Crippen LogP contribution in [-0.2, 0) is 15.6 Å². The van der Waals surface area contributed by atoms with Crippen molar-refractivity contribution < 1.29 is 39.9 Å². The van der Waals surface area contributed by atoms with E-state index in [0.717, 1.165) is 40.6 Å². The van der Waals surface area contributed by atoms with Gasteiger partial charge in [-0.2, -0.15) is 26.3 Å². The van der Waals surface area contributed by atoms with Crippen molar-refractivity contribution >= 4 is 27.0 Å². The summed E-state index contributed by atoms with van der Waals surface area (Å²) in [7, 11) is -4.05. The molecule has 1 heterocycles. The fourth-order valence-corrected chi connectivity index (χ4v) is 6.32. The molecular formula is C18H17F6NO3S2. The summed E-state index contributed by atoms with van der Waals surface area (Å²) in [6.07, 6.45) is -9.49. The minimum atomic E-state index is -6.01. The van der Waals surface area contributed by atoms with Gasteiger partial charge in [0, 0.05) is 11.6 Å². The van der Waals surface area contributed by atoms with E-state index in [1.54, 1.807) is 5.38 Å². The summed E-state index contributed by atoms with van der Waals surface area (Å²) in [4.78, 5) is 0. The van der Waals surface area contributed by atoms with Gasteiger partial charge in [0.2, 0.25) is 0 Å². The van der Waals surface area contributed by atoms with E-state index in [0.29, 0.717) is 25.0 Å². The number of benzene rings is 1. The Morgan fingerprint density at radius 2 is 1.47 bits per heavy atom. The molecule has 0 amide bonds. The van der Waals surface area contributed by atoms with E-state index in [1.807, 2.05) is 0 Å². The number of anilines is 1. The molecule has 0 radical (unpaired) electrons. The first kappa shape index (κ1) is 22.9. The second-order valence-electron chi connectivity index (χ2n) is 6.92. The SMILES string of the molecule is O=S(=O)(c1cccs1)N(c1ccc(C(O)(C(F)(F)F)C(F)(F)F)cc1)C1CCCC1. The maximum atomic E-state index is 13.1. The predicted octanol–water partition coefficient (Wildman–Crippen LogP) is 5.20. The largest absolute Gasteiger partial charge is 0.430 e. The molecule has 3 rings (SSSR count). The fraction of sp³-hybridized carbons (Fsp3) is 0.444. The summed E-state index contributed by atoms with van der Waals surface area (Å²) in [6.45, 7) is 0. The number of aliphatic hydroxyl groups is 1. The summed E-state index contributed by atoms with van der Waals surface area (Å²) in [5.74, 6) is 0. The zero-order valence-corrected chi connectivity index (χ0v) is 16.9. The number of nitrogens with zero attached hydrogens (tertiary/aromatic N) is 1. The topological polar surface area (TPSA) is 57.6 Å². The molecule has 0 unspecified atom stereocenters. The van der Waals surface area contributed by atoms with E-state index < -0.39 is 39.6 Å². The number of alkyl halides is 6. The van der Waals surface area contributed by atoms with Crippen LogP contribution >= 0.6 is 11.3 Å². The van der Waals surface area contributed by atoms with Gasteiger partial charge in [-0.1, -0.05) is 31.0 Å². The molecule has 1 saturated carbocycles. The Kier molecular flexibility index (Phi) is 5.89. The molecule has 2 aromatic rings. The van der Waals surface area contributed by atoms with Crippen molar-refractivity contribution in [1.82, 2.24) is 0 Å². The van der Waals surface area contributed by atoms with Crippen molar-refractivity contribution in [1.29, 1.82) is 0 Å². The van der Waals surface area contributed by atoms with Crippen molar-refractivity contribution in [2.24, 2.45) is 0 Å². The van der Waals surface area contributed by atoms with E-state index >= 15 is 0 Å². The van der Waals surface area contributed by atoms with Crippen molar-refractivity contribution in [3.63, 3.8) is 0 Å². The van der Waals surface area contributed by atoms with Crippen LogP contribution in [0.15, 0.2) is 46.0 Å². The van der Waals surface area contributed by atoms with E-state index in [2.05, 4.69) is 0 Å². The van der Waals surface area contributed by atoms with Crippen LogP contribution in [0.1, 0.15) is 31.2 Å². The third-order valence-electron chi connectivity index (χ3n) is 5.02. The average molecular weight is 473 g/mol. The summed E-state index contributed by atoms with van der Waals surface area (Å²) in [5, 5.41) is 11.1. The Balaban J connectivity index is 2.07. The summed E-state index contributed by atoms with van der Waals surface area (Å²) in [5.41, 5.74) is -6.57. The molecule has 1 aliphatic rings. The molecule has 0 aliphatic heterocycles. The number of thiophene rings is 1. The third kappa shape index (κ3) is 3.80. The third-order valence-corrected chi connectivity index (χ3v) is 8.28. The first-order valence-electron chi connectivity index (χ1n) is 8.84. The Morgan fingerprint density at radius 1 is 0.933 bits per heavy atom. The normalized spacial score (nSPS) is 16.8. The fourth-order valence-electron chi connectivity index (χ4n) is 3.53. The molecule has 0 saturated heterocycles. The second kappa shape index (κ2) is 7.72. The van der Waals surface area contributed by atoms with Crippen LogP contribution in [-0.4, -0.2) is 31.9 Å². The van der Waals surface area contributed by atoms with Crippen LogP contribution in [0.4, 0.5) is 32.0 Å². The molecule has 30 heavy (non-hydrogen) atoms. The Hall–Kier alpha value is -1.79. The minimum absolute atomic E-state index is 0.0144. The molecule has 12 heteroatoms. The first-order valence-corrected chi connectivity index (χ1v) is 11.2. The van der Waals surface area contributed by atoms with Crippen LogP contribution in [0.5, 0.6) is 0 Å². The summed E-state index contributed by atoms with van der Waals surface area (Å²) < 4.78 is 106. The highest BCUT2D eigenvalue weighted by Gasteiger charge is 2.71. The van der Waals surface area contributed by atoms with Crippen LogP contribution in [0.3, 0.4) is 0 Å². The van der Waals surface area contributed by atoms with Crippen LogP contribution in [0.2, 0.25) is 0 Å². The van der Waals surface area contributed by atoms with Crippen LogP contribution in [0, 0.1) is 0 Å². The lowest BCUT2D eigenvalue weighted by molar-refractivity contribution is -0.376. The molecule has 1 N–H and O–H groups in total. The maximum Gasteiger partial charge on any atom is 0.430 e. The zero-order chi connectivity index (χ0) is 22.4.